The van der Waals surface area contributed by atoms with Crippen LogP contribution in [0, 0.1) is 0 Å². The molecule has 0 saturated carbocycles. The molecule has 0 fully saturated rings. The average Bonchev–Trinajstić information content (AvgIpc) is 2.93. The Morgan fingerprint density at radius 2 is 1.13 bits per heavy atom. The van der Waals surface area contributed by atoms with Crippen LogP contribution in [0.25, 0.3) is 45.2 Å². The van der Waals surface area contributed by atoms with Crippen molar-refractivity contribution in [3.05, 3.63) is 90.3 Å². The number of hydrogen-bond acceptors (Lipinski definition) is 9. The third-order valence-corrected chi connectivity index (χ3v) is 5.92. The number of ketones is 1. The van der Waals surface area contributed by atoms with Crippen LogP contribution >= 0.6 is 0 Å². The highest BCUT2D eigenvalue weighted by Gasteiger charge is 2.22. The molecule has 0 amide bonds. The summed E-state index contributed by atoms with van der Waals surface area (Å²) in [4.78, 5) is 37.3. The molecule has 10 nitrogen and oxygen atoms in total. The van der Waals surface area contributed by atoms with E-state index >= 15 is 0 Å². The number of aromatic nitrogens is 5. The molecule has 186 valence electrons. The van der Waals surface area contributed by atoms with Gasteiger partial charge in [-0.1, -0.05) is 48.5 Å². The smallest absolute Gasteiger partial charge is 0.335 e. The van der Waals surface area contributed by atoms with Crippen molar-refractivity contribution in [3.63, 3.8) is 0 Å². The van der Waals surface area contributed by atoms with Gasteiger partial charge in [-0.2, -0.15) is 0 Å². The first kappa shape index (κ1) is 24.2. The van der Waals surface area contributed by atoms with Gasteiger partial charge in [0, 0.05) is 27.9 Å². The molecule has 0 unspecified atom stereocenters. The summed E-state index contributed by atoms with van der Waals surface area (Å²) in [6.45, 7) is 1.50. The van der Waals surface area contributed by atoms with Crippen molar-refractivity contribution in [2.75, 3.05) is 11.5 Å². The molecule has 0 aliphatic rings. The van der Waals surface area contributed by atoms with Crippen molar-refractivity contribution >= 4 is 23.3 Å². The standard InChI is InChI=1S/C28H21N7O3/c1-15(36)16-2-4-18(5-3-16)24-25(26-27(30)31-14-32-35-26)34-23(17-6-8-20(9-7-17)28(37)38)22(33-24)19-10-12-21(29)13-11-19/h2-14H,29H2,1H3,(H,37,38)(H2,30,31,32). The van der Waals surface area contributed by atoms with Gasteiger partial charge in [-0.25, -0.2) is 19.7 Å². The Kier molecular flexibility index (Phi) is 6.28. The number of Topliss-reactive ketones (excluding diaryl/α,β-unsaturated/α-hetero) is 1. The van der Waals surface area contributed by atoms with Crippen molar-refractivity contribution in [1.29, 1.82) is 0 Å². The number of anilines is 2. The number of hydrogen-bond donors (Lipinski definition) is 3. The van der Waals surface area contributed by atoms with Crippen LogP contribution in [0.15, 0.2) is 79.1 Å². The van der Waals surface area contributed by atoms with E-state index in [1.54, 1.807) is 48.5 Å². The van der Waals surface area contributed by atoms with Gasteiger partial charge in [0.2, 0.25) is 0 Å². The quantitative estimate of drug-likeness (QED) is 0.223. The minimum Gasteiger partial charge on any atom is -0.478 e. The highest BCUT2D eigenvalue weighted by Crippen LogP contribution is 2.37. The van der Waals surface area contributed by atoms with Crippen LogP contribution in [0.1, 0.15) is 27.6 Å². The van der Waals surface area contributed by atoms with E-state index < -0.39 is 5.97 Å². The van der Waals surface area contributed by atoms with Gasteiger partial charge in [0.05, 0.1) is 22.6 Å². The Labute approximate surface area is 217 Å². The summed E-state index contributed by atoms with van der Waals surface area (Å²) in [6.07, 6.45) is 1.24. The Bertz CT molecular complexity index is 1670. The van der Waals surface area contributed by atoms with Crippen LogP contribution < -0.4 is 11.5 Å². The fourth-order valence-corrected chi connectivity index (χ4v) is 3.93. The third kappa shape index (κ3) is 4.65. The van der Waals surface area contributed by atoms with E-state index in [0.29, 0.717) is 45.2 Å². The van der Waals surface area contributed by atoms with Gasteiger partial charge in [0.1, 0.15) is 12.0 Å². The summed E-state index contributed by atoms with van der Waals surface area (Å²) >= 11 is 0. The summed E-state index contributed by atoms with van der Waals surface area (Å²) in [6, 6.07) is 20.5. The lowest BCUT2D eigenvalue weighted by molar-refractivity contribution is 0.0696. The van der Waals surface area contributed by atoms with Crippen molar-refractivity contribution < 1.29 is 14.7 Å². The number of carboxylic acids is 1. The van der Waals surface area contributed by atoms with E-state index in [2.05, 4.69) is 15.2 Å². The zero-order chi connectivity index (χ0) is 26.8. The minimum atomic E-state index is -1.04. The summed E-state index contributed by atoms with van der Waals surface area (Å²) in [5.41, 5.74) is 17.4. The van der Waals surface area contributed by atoms with Gasteiger partial charge in [0.25, 0.3) is 0 Å². The number of nitrogens with zero attached hydrogens (tertiary/aromatic N) is 5. The first-order chi connectivity index (χ1) is 18.3. The maximum absolute atomic E-state index is 11.8. The molecule has 10 heteroatoms. The Hall–Kier alpha value is -5.51. The van der Waals surface area contributed by atoms with Crippen LogP contribution in [-0.2, 0) is 0 Å². The van der Waals surface area contributed by atoms with Crippen molar-refractivity contribution in [1.82, 2.24) is 25.1 Å². The molecule has 3 aromatic carbocycles. The number of benzene rings is 3. The molecule has 0 atom stereocenters. The normalized spacial score (nSPS) is 10.8. The van der Waals surface area contributed by atoms with Crippen LogP contribution in [-0.4, -0.2) is 42.0 Å². The maximum atomic E-state index is 11.8. The second-order valence-corrected chi connectivity index (χ2v) is 8.45. The van der Waals surface area contributed by atoms with E-state index in [4.69, 9.17) is 21.4 Å². The van der Waals surface area contributed by atoms with E-state index in [9.17, 15) is 14.7 Å². The van der Waals surface area contributed by atoms with Crippen LogP contribution in [0.4, 0.5) is 11.5 Å². The molecule has 5 aromatic rings. The SMILES string of the molecule is CC(=O)c1ccc(-c2nc(-c3ccc(N)cc3)c(-c3ccc(C(=O)O)cc3)nc2-c2nncnc2N)cc1. The molecule has 0 radical (unpaired) electrons. The van der Waals surface area contributed by atoms with Crippen LogP contribution in [0.2, 0.25) is 0 Å². The molecule has 0 spiro atoms. The Morgan fingerprint density at radius 3 is 1.63 bits per heavy atom. The second kappa shape index (κ2) is 9.86. The summed E-state index contributed by atoms with van der Waals surface area (Å²) in [5.74, 6) is -0.985. The molecule has 0 saturated heterocycles. The predicted molar refractivity (Wildman–Crippen MR) is 143 cm³/mol. The van der Waals surface area contributed by atoms with Gasteiger partial charge in [0.15, 0.2) is 17.3 Å². The molecule has 5 N–H and O–H groups in total. The summed E-state index contributed by atoms with van der Waals surface area (Å²) in [5, 5.41) is 17.4. The van der Waals surface area contributed by atoms with Gasteiger partial charge in [-0.3, -0.25) is 4.79 Å². The average molecular weight is 504 g/mol. The summed E-state index contributed by atoms with van der Waals surface area (Å²) < 4.78 is 0. The monoisotopic (exact) mass is 503 g/mol. The number of carboxylic acid groups (broad SMARTS) is 1. The van der Waals surface area contributed by atoms with Crippen molar-refractivity contribution in [3.8, 4) is 45.2 Å². The predicted octanol–water partition coefficient (Wildman–Crippen LogP) is 4.39. The van der Waals surface area contributed by atoms with Gasteiger partial charge < -0.3 is 16.6 Å². The van der Waals surface area contributed by atoms with E-state index in [-0.39, 0.29) is 22.9 Å². The second-order valence-electron chi connectivity index (χ2n) is 8.45. The molecule has 0 bridgehead atoms. The lowest BCUT2D eigenvalue weighted by atomic mass is 9.99. The zero-order valence-corrected chi connectivity index (χ0v) is 20.2. The lowest BCUT2D eigenvalue weighted by Crippen LogP contribution is -2.06. The van der Waals surface area contributed by atoms with E-state index in [1.807, 2.05) is 12.1 Å². The number of carbonyl (C=O) groups is 2. The molecule has 0 aliphatic heterocycles. The molecule has 38 heavy (non-hydrogen) atoms. The number of carbonyl (C=O) groups excluding carboxylic acids is 1. The molecule has 2 aromatic heterocycles. The number of nitrogens with two attached hydrogens (primary N) is 2. The lowest BCUT2D eigenvalue weighted by Gasteiger charge is -2.16. The van der Waals surface area contributed by atoms with E-state index in [0.717, 1.165) is 5.56 Å². The van der Waals surface area contributed by atoms with Crippen molar-refractivity contribution in [2.45, 2.75) is 6.92 Å². The van der Waals surface area contributed by atoms with E-state index in [1.165, 1.54) is 25.4 Å². The zero-order valence-electron chi connectivity index (χ0n) is 20.2. The molecular formula is C28H21N7O3. The fraction of sp³-hybridized carbons (Fsp3) is 0.0357. The molecule has 5 rings (SSSR count). The Balaban J connectivity index is 1.82. The van der Waals surface area contributed by atoms with Crippen molar-refractivity contribution in [2.24, 2.45) is 0 Å². The summed E-state index contributed by atoms with van der Waals surface area (Å²) in [7, 11) is 0. The Morgan fingerprint density at radius 1 is 0.658 bits per heavy atom. The number of rotatable bonds is 6. The van der Waals surface area contributed by atoms with Crippen LogP contribution in [0.3, 0.4) is 0 Å². The fourth-order valence-electron chi connectivity index (χ4n) is 3.93. The maximum Gasteiger partial charge on any atom is 0.335 e. The van der Waals surface area contributed by atoms with Crippen LogP contribution in [0.5, 0.6) is 0 Å². The van der Waals surface area contributed by atoms with Gasteiger partial charge in [-0.15, -0.1) is 10.2 Å². The highest BCUT2D eigenvalue weighted by atomic mass is 16.4. The number of aromatic carboxylic acids is 1. The first-order valence-electron chi connectivity index (χ1n) is 11.5. The largest absolute Gasteiger partial charge is 0.478 e. The molecular weight excluding hydrogens is 482 g/mol. The highest BCUT2D eigenvalue weighted by molar-refractivity contribution is 5.95. The first-order valence-corrected chi connectivity index (χ1v) is 11.5. The number of nitrogen functional groups attached to an aromatic ring is 2. The molecule has 2 heterocycles. The molecule has 0 aliphatic carbocycles. The van der Waals surface area contributed by atoms with Gasteiger partial charge in [-0.05, 0) is 31.2 Å². The minimum absolute atomic E-state index is 0.0621. The third-order valence-electron chi connectivity index (χ3n) is 5.92. The van der Waals surface area contributed by atoms with Gasteiger partial charge >= 0.3 is 5.97 Å². The topological polar surface area (TPSA) is 171 Å².